The molecule has 104 valence electrons. The summed E-state index contributed by atoms with van der Waals surface area (Å²) in [5.41, 5.74) is -0.583. The van der Waals surface area contributed by atoms with Crippen molar-refractivity contribution in [3.8, 4) is 0 Å². The molecule has 0 aromatic heterocycles. The van der Waals surface area contributed by atoms with E-state index in [1.165, 1.54) is 12.8 Å². The molecule has 1 amide bonds. The van der Waals surface area contributed by atoms with E-state index < -0.39 is 5.60 Å². The molecule has 2 heterocycles. The zero-order valence-electron chi connectivity index (χ0n) is 11.3. The normalized spacial score (nSPS) is 28.5. The smallest absolute Gasteiger partial charge is 0.410 e. The summed E-state index contributed by atoms with van der Waals surface area (Å²) in [6.45, 7) is 6.52. The first-order valence-corrected chi connectivity index (χ1v) is 6.86. The van der Waals surface area contributed by atoms with Crippen LogP contribution in [-0.4, -0.2) is 54.0 Å². The van der Waals surface area contributed by atoms with E-state index >= 15 is 0 Å². The molecule has 5 heteroatoms. The lowest BCUT2D eigenvalue weighted by atomic mass is 9.93. The Bertz CT molecular complexity index is 301. The van der Waals surface area contributed by atoms with Crippen molar-refractivity contribution >= 4 is 6.09 Å². The first-order chi connectivity index (χ1) is 8.54. The molecular formula is C13H24N2O3. The molecule has 2 rings (SSSR count). The molecule has 0 radical (unpaired) electrons. The molecule has 2 aliphatic heterocycles. The van der Waals surface area contributed by atoms with Crippen LogP contribution in [-0.2, 0) is 4.74 Å². The second kappa shape index (κ2) is 5.45. The first kappa shape index (κ1) is 13.6. The molecule has 1 atom stereocenters. The number of amides is 1. The van der Waals surface area contributed by atoms with Gasteiger partial charge in [0.25, 0.3) is 0 Å². The van der Waals surface area contributed by atoms with Gasteiger partial charge in [0, 0.05) is 6.54 Å². The molecule has 5 nitrogen and oxygen atoms in total. The molecule has 2 saturated heterocycles. The zero-order chi connectivity index (χ0) is 13.2. The summed E-state index contributed by atoms with van der Waals surface area (Å²) in [7, 11) is 0. The fraction of sp³-hybridized carbons (Fsp3) is 0.923. The third kappa shape index (κ3) is 2.78. The summed E-state index contributed by atoms with van der Waals surface area (Å²) in [6, 6.07) is -0.216. The van der Waals surface area contributed by atoms with E-state index in [0.29, 0.717) is 12.5 Å². The second-order valence-electron chi connectivity index (χ2n) is 5.85. The van der Waals surface area contributed by atoms with Crippen LogP contribution in [0.5, 0.6) is 0 Å². The first-order valence-electron chi connectivity index (χ1n) is 6.86. The molecule has 0 aliphatic carbocycles. The molecule has 0 unspecified atom stereocenters. The number of carbonyl (C=O) groups excluding carboxylic acids is 1. The van der Waals surface area contributed by atoms with Crippen LogP contribution in [0.1, 0.15) is 33.1 Å². The maximum atomic E-state index is 11.8. The Kier molecular flexibility index (Phi) is 4.12. The van der Waals surface area contributed by atoms with Gasteiger partial charge in [-0.2, -0.15) is 0 Å². The van der Waals surface area contributed by atoms with E-state index in [1.54, 1.807) is 4.90 Å². The Labute approximate surface area is 108 Å². The Hall–Kier alpha value is -0.810. The lowest BCUT2D eigenvalue weighted by molar-refractivity contribution is 0.0481. The van der Waals surface area contributed by atoms with Crippen LogP contribution in [0.25, 0.3) is 0 Å². The van der Waals surface area contributed by atoms with Gasteiger partial charge < -0.3 is 15.2 Å². The average Bonchev–Trinajstić information content (AvgIpc) is 2.56. The van der Waals surface area contributed by atoms with Crippen LogP contribution in [0, 0.1) is 5.92 Å². The maximum Gasteiger partial charge on any atom is 0.410 e. The number of aliphatic hydroxyl groups is 1. The SMILES string of the molecule is CC1(C)OC(=O)N(CCC2CCNCC2)[C@@H]1CO. The number of hydrogen-bond acceptors (Lipinski definition) is 4. The van der Waals surface area contributed by atoms with E-state index in [-0.39, 0.29) is 18.7 Å². The third-order valence-electron chi connectivity index (χ3n) is 4.17. The number of rotatable bonds is 4. The van der Waals surface area contributed by atoms with E-state index in [4.69, 9.17) is 4.74 Å². The molecule has 0 aromatic rings. The Balaban J connectivity index is 1.89. The highest BCUT2D eigenvalue weighted by molar-refractivity contribution is 5.71. The van der Waals surface area contributed by atoms with Crippen molar-refractivity contribution in [2.45, 2.75) is 44.8 Å². The summed E-state index contributed by atoms with van der Waals surface area (Å²) in [4.78, 5) is 13.5. The van der Waals surface area contributed by atoms with Crippen LogP contribution in [0.3, 0.4) is 0 Å². The minimum absolute atomic E-state index is 0.0367. The van der Waals surface area contributed by atoms with Gasteiger partial charge in [0.15, 0.2) is 0 Å². The predicted octanol–water partition coefficient (Wildman–Crippen LogP) is 0.968. The van der Waals surface area contributed by atoms with Crippen LogP contribution in [0.2, 0.25) is 0 Å². The minimum atomic E-state index is -0.583. The van der Waals surface area contributed by atoms with Crippen molar-refractivity contribution in [3.05, 3.63) is 0 Å². The van der Waals surface area contributed by atoms with Crippen LogP contribution >= 0.6 is 0 Å². The van der Waals surface area contributed by atoms with Crippen molar-refractivity contribution in [2.24, 2.45) is 5.92 Å². The fourth-order valence-electron chi connectivity index (χ4n) is 2.91. The van der Waals surface area contributed by atoms with Gasteiger partial charge in [-0.3, -0.25) is 4.90 Å². The molecule has 2 N–H and O–H groups in total. The van der Waals surface area contributed by atoms with Crippen molar-refractivity contribution in [1.82, 2.24) is 10.2 Å². The molecule has 0 spiro atoms. The molecular weight excluding hydrogens is 232 g/mol. The van der Waals surface area contributed by atoms with Gasteiger partial charge in [-0.1, -0.05) is 0 Å². The fourth-order valence-corrected chi connectivity index (χ4v) is 2.91. The van der Waals surface area contributed by atoms with Gasteiger partial charge in [-0.15, -0.1) is 0 Å². The quantitative estimate of drug-likeness (QED) is 0.787. The van der Waals surface area contributed by atoms with Crippen LogP contribution in [0.4, 0.5) is 4.79 Å². The van der Waals surface area contributed by atoms with Crippen molar-refractivity contribution in [3.63, 3.8) is 0 Å². The molecule has 2 fully saturated rings. The van der Waals surface area contributed by atoms with Gasteiger partial charge in [0.2, 0.25) is 0 Å². The predicted molar refractivity (Wildman–Crippen MR) is 68.4 cm³/mol. The largest absolute Gasteiger partial charge is 0.441 e. The monoisotopic (exact) mass is 256 g/mol. The van der Waals surface area contributed by atoms with E-state index in [2.05, 4.69) is 5.32 Å². The Morgan fingerprint density at radius 1 is 1.44 bits per heavy atom. The molecule has 2 aliphatic rings. The number of cyclic esters (lactones) is 1. The van der Waals surface area contributed by atoms with Gasteiger partial charge in [-0.25, -0.2) is 4.79 Å². The number of nitrogens with zero attached hydrogens (tertiary/aromatic N) is 1. The second-order valence-corrected chi connectivity index (χ2v) is 5.85. The van der Waals surface area contributed by atoms with E-state index in [9.17, 15) is 9.90 Å². The zero-order valence-corrected chi connectivity index (χ0v) is 11.3. The number of aliphatic hydroxyl groups excluding tert-OH is 1. The van der Waals surface area contributed by atoms with Gasteiger partial charge >= 0.3 is 6.09 Å². The molecule has 18 heavy (non-hydrogen) atoms. The summed E-state index contributed by atoms with van der Waals surface area (Å²) in [6.07, 6.45) is 3.07. The Morgan fingerprint density at radius 3 is 2.72 bits per heavy atom. The topological polar surface area (TPSA) is 61.8 Å². The summed E-state index contributed by atoms with van der Waals surface area (Å²) < 4.78 is 5.32. The van der Waals surface area contributed by atoms with Gasteiger partial charge in [0.1, 0.15) is 5.60 Å². The third-order valence-corrected chi connectivity index (χ3v) is 4.17. The van der Waals surface area contributed by atoms with Crippen LogP contribution < -0.4 is 5.32 Å². The summed E-state index contributed by atoms with van der Waals surface area (Å²) in [5.74, 6) is 0.683. The lowest BCUT2D eigenvalue weighted by Gasteiger charge is -2.29. The Morgan fingerprint density at radius 2 is 2.11 bits per heavy atom. The lowest BCUT2D eigenvalue weighted by Crippen LogP contribution is -2.45. The van der Waals surface area contributed by atoms with Crippen molar-refractivity contribution in [2.75, 3.05) is 26.2 Å². The molecule has 0 bridgehead atoms. The molecule has 0 saturated carbocycles. The van der Waals surface area contributed by atoms with Crippen molar-refractivity contribution in [1.29, 1.82) is 0 Å². The number of ether oxygens (including phenoxy) is 1. The average molecular weight is 256 g/mol. The highest BCUT2D eigenvalue weighted by Gasteiger charge is 2.47. The van der Waals surface area contributed by atoms with Crippen LogP contribution in [0.15, 0.2) is 0 Å². The summed E-state index contributed by atoms with van der Waals surface area (Å²) >= 11 is 0. The number of nitrogens with one attached hydrogen (secondary N) is 1. The highest BCUT2D eigenvalue weighted by atomic mass is 16.6. The van der Waals surface area contributed by atoms with E-state index in [1.807, 2.05) is 13.8 Å². The standard InChI is InChI=1S/C13H24N2O3/c1-13(2)11(9-16)15(12(17)18-13)8-5-10-3-6-14-7-4-10/h10-11,14,16H,3-9H2,1-2H3/t11-/m1/s1. The highest BCUT2D eigenvalue weighted by Crippen LogP contribution is 2.30. The van der Waals surface area contributed by atoms with Crippen molar-refractivity contribution < 1.29 is 14.6 Å². The number of piperidine rings is 1. The number of carbonyl (C=O) groups is 1. The minimum Gasteiger partial charge on any atom is -0.441 e. The van der Waals surface area contributed by atoms with Gasteiger partial charge in [0.05, 0.1) is 12.6 Å². The number of hydrogen-bond donors (Lipinski definition) is 2. The van der Waals surface area contributed by atoms with Gasteiger partial charge in [-0.05, 0) is 52.1 Å². The molecule has 0 aromatic carbocycles. The van der Waals surface area contributed by atoms with E-state index in [0.717, 1.165) is 19.5 Å². The maximum absolute atomic E-state index is 11.8. The summed E-state index contributed by atoms with van der Waals surface area (Å²) in [5, 5.41) is 12.8.